The van der Waals surface area contributed by atoms with Crippen LogP contribution in [-0.4, -0.2) is 29.4 Å². The van der Waals surface area contributed by atoms with Gasteiger partial charge < -0.3 is 14.6 Å². The minimum Gasteiger partial charge on any atom is -0.496 e. The van der Waals surface area contributed by atoms with Crippen molar-refractivity contribution in [1.82, 2.24) is 9.88 Å². The highest BCUT2D eigenvalue weighted by Gasteiger charge is 2.34. The van der Waals surface area contributed by atoms with Gasteiger partial charge in [0.2, 0.25) is 5.91 Å². The van der Waals surface area contributed by atoms with E-state index in [1.165, 1.54) is 10.9 Å². The van der Waals surface area contributed by atoms with E-state index in [0.29, 0.717) is 24.4 Å². The fourth-order valence-corrected chi connectivity index (χ4v) is 5.03. The second-order valence-corrected chi connectivity index (χ2v) is 8.61. The Labute approximate surface area is 192 Å². The van der Waals surface area contributed by atoms with E-state index in [-0.39, 0.29) is 11.9 Å². The zero-order chi connectivity index (χ0) is 22.1. The summed E-state index contributed by atoms with van der Waals surface area (Å²) < 4.78 is 5.46. The lowest BCUT2D eigenvalue weighted by Gasteiger charge is -2.36. The Morgan fingerprint density at radius 1 is 1.09 bits per heavy atom. The van der Waals surface area contributed by atoms with Crippen LogP contribution in [0, 0.1) is 0 Å². The Hall–Kier alpha value is -3.24. The van der Waals surface area contributed by atoms with Crippen molar-refractivity contribution in [2.75, 3.05) is 13.7 Å². The standard InChI is InChI=1S/C27H25ClN2O2/c1-32-24-12-5-2-7-18(24)13-14-25(31)30-16-15-22-21-10-3-4-11-23(21)29-26(22)27(30)19-8-6-9-20(28)17-19/h2-12,17,27,29H,13-16H2,1H3/t27-/m1/s1. The van der Waals surface area contributed by atoms with Gasteiger partial charge in [-0.05, 0) is 53.8 Å². The Morgan fingerprint density at radius 2 is 1.91 bits per heavy atom. The molecule has 0 aliphatic carbocycles. The number of fused-ring (bicyclic) bond motifs is 3. The van der Waals surface area contributed by atoms with Crippen LogP contribution in [0.4, 0.5) is 0 Å². The number of aromatic amines is 1. The number of para-hydroxylation sites is 2. The number of hydrogen-bond donors (Lipinski definition) is 1. The molecule has 0 spiro atoms. The lowest BCUT2D eigenvalue weighted by Crippen LogP contribution is -2.40. The highest BCUT2D eigenvalue weighted by atomic mass is 35.5. The normalized spacial score (nSPS) is 15.6. The van der Waals surface area contributed by atoms with Crippen molar-refractivity contribution in [3.8, 4) is 5.75 Å². The predicted octanol–water partition coefficient (Wildman–Crippen LogP) is 5.94. The fourth-order valence-electron chi connectivity index (χ4n) is 4.83. The van der Waals surface area contributed by atoms with Crippen molar-refractivity contribution >= 4 is 28.4 Å². The van der Waals surface area contributed by atoms with Crippen molar-refractivity contribution < 1.29 is 9.53 Å². The summed E-state index contributed by atoms with van der Waals surface area (Å²) in [5, 5.41) is 1.91. The largest absolute Gasteiger partial charge is 0.496 e. The highest BCUT2D eigenvalue weighted by Crippen LogP contribution is 2.39. The molecule has 1 atom stereocenters. The summed E-state index contributed by atoms with van der Waals surface area (Å²) in [6.07, 6.45) is 1.89. The molecule has 4 nitrogen and oxygen atoms in total. The van der Waals surface area contributed by atoms with Gasteiger partial charge in [0.1, 0.15) is 5.75 Å². The topological polar surface area (TPSA) is 45.3 Å². The van der Waals surface area contributed by atoms with Gasteiger partial charge in [0, 0.05) is 34.6 Å². The Balaban J connectivity index is 1.50. The van der Waals surface area contributed by atoms with Crippen LogP contribution in [0.5, 0.6) is 5.75 Å². The van der Waals surface area contributed by atoms with Gasteiger partial charge in [0.25, 0.3) is 0 Å². The average Bonchev–Trinajstić information content (AvgIpc) is 3.20. The molecule has 162 valence electrons. The SMILES string of the molecule is COc1ccccc1CCC(=O)N1CCc2c([nH]c3ccccc23)[C@H]1c1cccc(Cl)c1. The van der Waals surface area contributed by atoms with Crippen molar-refractivity contribution in [3.05, 3.63) is 100 Å². The number of aryl methyl sites for hydroxylation is 1. The number of rotatable bonds is 5. The number of aromatic nitrogens is 1. The molecule has 0 saturated carbocycles. The molecular formula is C27H25ClN2O2. The first kappa shape index (κ1) is 20.7. The summed E-state index contributed by atoms with van der Waals surface area (Å²) in [5.74, 6) is 0.952. The highest BCUT2D eigenvalue weighted by molar-refractivity contribution is 6.30. The van der Waals surface area contributed by atoms with Crippen LogP contribution in [0.25, 0.3) is 10.9 Å². The lowest BCUT2D eigenvalue weighted by atomic mass is 9.92. The Morgan fingerprint density at radius 3 is 2.75 bits per heavy atom. The smallest absolute Gasteiger partial charge is 0.223 e. The molecule has 1 amide bonds. The molecular weight excluding hydrogens is 420 g/mol. The first-order chi connectivity index (χ1) is 15.7. The third-order valence-corrected chi connectivity index (χ3v) is 6.56. The van der Waals surface area contributed by atoms with E-state index in [2.05, 4.69) is 29.2 Å². The van der Waals surface area contributed by atoms with E-state index in [0.717, 1.165) is 34.5 Å². The molecule has 0 saturated heterocycles. The number of H-pyrrole nitrogens is 1. The summed E-state index contributed by atoms with van der Waals surface area (Å²) in [4.78, 5) is 19.1. The second-order valence-electron chi connectivity index (χ2n) is 8.17. The third-order valence-electron chi connectivity index (χ3n) is 6.32. The first-order valence-electron chi connectivity index (χ1n) is 10.9. The molecule has 3 aromatic carbocycles. The van der Waals surface area contributed by atoms with E-state index in [1.807, 2.05) is 53.4 Å². The molecule has 32 heavy (non-hydrogen) atoms. The molecule has 1 aromatic heterocycles. The number of hydrogen-bond acceptors (Lipinski definition) is 2. The molecule has 4 aromatic rings. The summed E-state index contributed by atoms with van der Waals surface area (Å²) in [6.45, 7) is 0.677. The maximum atomic E-state index is 13.5. The molecule has 1 N–H and O–H groups in total. The van der Waals surface area contributed by atoms with Crippen molar-refractivity contribution in [2.45, 2.75) is 25.3 Å². The minimum atomic E-state index is -0.185. The number of nitrogens with zero attached hydrogens (tertiary/aromatic N) is 1. The minimum absolute atomic E-state index is 0.130. The second kappa shape index (κ2) is 8.71. The van der Waals surface area contributed by atoms with Gasteiger partial charge in [-0.2, -0.15) is 0 Å². The van der Waals surface area contributed by atoms with E-state index in [9.17, 15) is 4.79 Å². The van der Waals surface area contributed by atoms with E-state index in [1.54, 1.807) is 7.11 Å². The number of amides is 1. The number of benzene rings is 3. The monoisotopic (exact) mass is 444 g/mol. The molecule has 0 fully saturated rings. The number of ether oxygens (including phenoxy) is 1. The number of methoxy groups -OCH3 is 1. The van der Waals surface area contributed by atoms with Gasteiger partial charge >= 0.3 is 0 Å². The molecule has 5 rings (SSSR count). The number of carbonyl (C=O) groups is 1. The zero-order valence-electron chi connectivity index (χ0n) is 18.0. The molecule has 0 unspecified atom stereocenters. The van der Waals surface area contributed by atoms with Crippen LogP contribution in [0.15, 0.2) is 72.8 Å². The van der Waals surface area contributed by atoms with Crippen LogP contribution >= 0.6 is 11.6 Å². The van der Waals surface area contributed by atoms with Gasteiger partial charge in [-0.3, -0.25) is 4.79 Å². The number of carbonyl (C=O) groups excluding carboxylic acids is 1. The van der Waals surface area contributed by atoms with Crippen LogP contribution < -0.4 is 4.74 Å². The van der Waals surface area contributed by atoms with Gasteiger partial charge in [-0.15, -0.1) is 0 Å². The maximum absolute atomic E-state index is 13.5. The van der Waals surface area contributed by atoms with Crippen molar-refractivity contribution in [3.63, 3.8) is 0 Å². The van der Waals surface area contributed by atoms with Crippen LogP contribution in [0.3, 0.4) is 0 Å². The van der Waals surface area contributed by atoms with Gasteiger partial charge in [0.15, 0.2) is 0 Å². The quantitative estimate of drug-likeness (QED) is 0.414. The summed E-state index contributed by atoms with van der Waals surface area (Å²) in [7, 11) is 1.66. The predicted molar refractivity (Wildman–Crippen MR) is 128 cm³/mol. The Bertz CT molecular complexity index is 1280. The molecule has 0 radical (unpaired) electrons. The van der Waals surface area contributed by atoms with Gasteiger partial charge in [0.05, 0.1) is 13.2 Å². The van der Waals surface area contributed by atoms with E-state index in [4.69, 9.17) is 16.3 Å². The molecule has 5 heteroatoms. The number of nitrogens with one attached hydrogen (secondary N) is 1. The maximum Gasteiger partial charge on any atom is 0.223 e. The first-order valence-corrected chi connectivity index (χ1v) is 11.3. The lowest BCUT2D eigenvalue weighted by molar-refractivity contribution is -0.133. The van der Waals surface area contributed by atoms with Crippen LogP contribution in [0.1, 0.15) is 34.8 Å². The summed E-state index contributed by atoms with van der Waals surface area (Å²) >= 11 is 6.34. The fraction of sp³-hybridized carbons (Fsp3) is 0.222. The molecule has 1 aliphatic rings. The average molecular weight is 445 g/mol. The van der Waals surface area contributed by atoms with Crippen molar-refractivity contribution in [2.24, 2.45) is 0 Å². The molecule has 2 heterocycles. The summed E-state index contributed by atoms with van der Waals surface area (Å²) in [5.41, 5.74) is 5.55. The molecule has 0 bridgehead atoms. The van der Waals surface area contributed by atoms with Gasteiger partial charge in [-0.25, -0.2) is 0 Å². The number of halogens is 1. The zero-order valence-corrected chi connectivity index (χ0v) is 18.7. The molecule has 1 aliphatic heterocycles. The van der Waals surface area contributed by atoms with Crippen molar-refractivity contribution in [1.29, 1.82) is 0 Å². The van der Waals surface area contributed by atoms with Gasteiger partial charge in [-0.1, -0.05) is 60.1 Å². The Kier molecular flexibility index (Phi) is 5.62. The van der Waals surface area contributed by atoms with Crippen LogP contribution in [-0.2, 0) is 17.6 Å². The summed E-state index contributed by atoms with van der Waals surface area (Å²) in [6, 6.07) is 23.9. The van der Waals surface area contributed by atoms with E-state index >= 15 is 0 Å². The third kappa shape index (κ3) is 3.76. The van der Waals surface area contributed by atoms with E-state index < -0.39 is 0 Å². The van der Waals surface area contributed by atoms with Crippen LogP contribution in [0.2, 0.25) is 5.02 Å².